The van der Waals surface area contributed by atoms with Crippen LogP contribution in [-0.4, -0.2) is 35.9 Å². The Balaban J connectivity index is 1.82. The number of carboxylic acids is 1. The highest BCUT2D eigenvalue weighted by Crippen LogP contribution is 2.32. The molecule has 1 saturated heterocycles. The number of carbonyl (C=O) groups excluding carboxylic acids is 1. The molecule has 1 aliphatic heterocycles. The summed E-state index contributed by atoms with van der Waals surface area (Å²) >= 11 is 1.26. The van der Waals surface area contributed by atoms with Crippen molar-refractivity contribution in [1.82, 2.24) is 5.32 Å². The Hall–Kier alpha value is -3.26. The van der Waals surface area contributed by atoms with E-state index in [4.69, 9.17) is 14.6 Å². The van der Waals surface area contributed by atoms with Crippen LogP contribution in [0.2, 0.25) is 0 Å². The molecule has 1 amide bonds. The predicted molar refractivity (Wildman–Crippen MR) is 113 cm³/mol. The van der Waals surface area contributed by atoms with Crippen LogP contribution in [-0.2, 0) is 9.59 Å². The first-order chi connectivity index (χ1) is 13.9. The molecule has 0 spiro atoms. The molecule has 0 saturated carbocycles. The van der Waals surface area contributed by atoms with E-state index < -0.39 is 12.6 Å². The van der Waals surface area contributed by atoms with Crippen molar-refractivity contribution in [1.29, 1.82) is 0 Å². The SMILES string of the molecule is COc1cc(/C=C2/SC(=Nc3cccc(C)c3C)NC2=O)ccc1OCC(=O)O. The number of aliphatic carboxylic acids is 1. The number of ether oxygens (including phenoxy) is 2. The Morgan fingerprint density at radius 1 is 1.24 bits per heavy atom. The lowest BCUT2D eigenvalue weighted by molar-refractivity contribution is -0.139. The number of thioether (sulfide) groups is 1. The number of amidine groups is 1. The standard InChI is InChI=1S/C21H20N2O5S/c1-12-5-4-6-15(13(12)2)22-21-23-20(26)18(29-21)10-14-7-8-16(17(9-14)27-3)28-11-19(24)25/h4-10H,11H2,1-3H3,(H,24,25)(H,22,23,26)/b18-10+. The number of aryl methyl sites for hydroxylation is 1. The van der Waals surface area contributed by atoms with Crippen LogP contribution >= 0.6 is 11.8 Å². The van der Waals surface area contributed by atoms with E-state index in [1.54, 1.807) is 24.3 Å². The van der Waals surface area contributed by atoms with E-state index in [0.29, 0.717) is 21.6 Å². The van der Waals surface area contributed by atoms with Crippen LogP contribution in [0.25, 0.3) is 6.08 Å². The van der Waals surface area contributed by atoms with Crippen LogP contribution < -0.4 is 14.8 Å². The monoisotopic (exact) mass is 412 g/mol. The van der Waals surface area contributed by atoms with E-state index in [-0.39, 0.29) is 5.91 Å². The molecule has 1 aliphatic rings. The highest BCUT2D eigenvalue weighted by molar-refractivity contribution is 8.18. The lowest BCUT2D eigenvalue weighted by atomic mass is 10.1. The largest absolute Gasteiger partial charge is 0.493 e. The first-order valence-corrected chi connectivity index (χ1v) is 9.57. The highest BCUT2D eigenvalue weighted by Gasteiger charge is 2.24. The highest BCUT2D eigenvalue weighted by atomic mass is 32.2. The van der Waals surface area contributed by atoms with Crippen LogP contribution in [0.3, 0.4) is 0 Å². The van der Waals surface area contributed by atoms with Gasteiger partial charge in [0.2, 0.25) is 0 Å². The number of rotatable bonds is 6. The van der Waals surface area contributed by atoms with Gasteiger partial charge in [-0.3, -0.25) is 4.79 Å². The van der Waals surface area contributed by atoms with Gasteiger partial charge in [0, 0.05) is 0 Å². The van der Waals surface area contributed by atoms with Gasteiger partial charge in [0.1, 0.15) is 0 Å². The fourth-order valence-electron chi connectivity index (χ4n) is 2.63. The van der Waals surface area contributed by atoms with Crippen molar-refractivity contribution < 1.29 is 24.2 Å². The molecule has 8 heteroatoms. The van der Waals surface area contributed by atoms with E-state index in [9.17, 15) is 9.59 Å². The Morgan fingerprint density at radius 2 is 2.03 bits per heavy atom. The number of hydrogen-bond acceptors (Lipinski definition) is 6. The fourth-order valence-corrected chi connectivity index (χ4v) is 3.47. The van der Waals surface area contributed by atoms with Gasteiger partial charge in [-0.25, -0.2) is 9.79 Å². The summed E-state index contributed by atoms with van der Waals surface area (Å²) in [5.74, 6) is -0.608. The molecule has 0 aliphatic carbocycles. The minimum absolute atomic E-state index is 0.232. The van der Waals surface area contributed by atoms with Crippen molar-refractivity contribution in [3.8, 4) is 11.5 Å². The third-order valence-corrected chi connectivity index (χ3v) is 5.20. The van der Waals surface area contributed by atoms with Gasteiger partial charge in [0.05, 0.1) is 17.7 Å². The summed E-state index contributed by atoms with van der Waals surface area (Å²) in [6, 6.07) is 10.9. The smallest absolute Gasteiger partial charge is 0.341 e. The molecule has 2 aromatic rings. The second-order valence-corrected chi connectivity index (χ2v) is 7.32. The van der Waals surface area contributed by atoms with E-state index in [0.717, 1.165) is 22.4 Å². The number of carboxylic acid groups (broad SMARTS) is 1. The van der Waals surface area contributed by atoms with Gasteiger partial charge in [0.15, 0.2) is 23.3 Å². The van der Waals surface area contributed by atoms with Crippen LogP contribution in [0.15, 0.2) is 46.3 Å². The molecule has 0 radical (unpaired) electrons. The molecular formula is C21H20N2O5S. The summed E-state index contributed by atoms with van der Waals surface area (Å²) in [4.78, 5) is 28.1. The molecule has 2 aromatic carbocycles. The maximum absolute atomic E-state index is 12.3. The number of nitrogens with zero attached hydrogens (tertiary/aromatic N) is 1. The number of carbonyl (C=O) groups is 2. The van der Waals surface area contributed by atoms with Gasteiger partial charge in [-0.05, 0) is 66.6 Å². The number of methoxy groups -OCH3 is 1. The van der Waals surface area contributed by atoms with E-state index in [2.05, 4.69) is 10.3 Å². The van der Waals surface area contributed by atoms with E-state index >= 15 is 0 Å². The molecule has 150 valence electrons. The molecule has 0 aromatic heterocycles. The first-order valence-electron chi connectivity index (χ1n) is 8.76. The van der Waals surface area contributed by atoms with Crippen LogP contribution in [0.1, 0.15) is 16.7 Å². The molecule has 3 rings (SSSR count). The van der Waals surface area contributed by atoms with Gasteiger partial charge >= 0.3 is 5.97 Å². The zero-order valence-electron chi connectivity index (χ0n) is 16.2. The summed E-state index contributed by atoms with van der Waals surface area (Å²) in [5, 5.41) is 12.0. The number of aliphatic imine (C=N–C) groups is 1. The Kier molecular flexibility index (Phi) is 6.23. The maximum Gasteiger partial charge on any atom is 0.341 e. The third kappa shape index (κ3) is 4.97. The summed E-state index contributed by atoms with van der Waals surface area (Å²) in [7, 11) is 1.46. The van der Waals surface area contributed by atoms with Gasteiger partial charge in [-0.2, -0.15) is 0 Å². The lowest BCUT2D eigenvalue weighted by Crippen LogP contribution is -2.19. The minimum atomic E-state index is -1.08. The van der Waals surface area contributed by atoms with Gasteiger partial charge in [0.25, 0.3) is 5.91 Å². The topological polar surface area (TPSA) is 97.2 Å². The Labute approximate surface area is 172 Å². The summed E-state index contributed by atoms with van der Waals surface area (Å²) < 4.78 is 10.4. The van der Waals surface area contributed by atoms with Crippen molar-refractivity contribution in [2.45, 2.75) is 13.8 Å². The fraction of sp³-hybridized carbons (Fsp3) is 0.190. The van der Waals surface area contributed by atoms with E-state index in [1.165, 1.54) is 18.9 Å². The maximum atomic E-state index is 12.3. The molecule has 7 nitrogen and oxygen atoms in total. The molecule has 0 unspecified atom stereocenters. The van der Waals surface area contributed by atoms with Gasteiger partial charge in [-0.15, -0.1) is 0 Å². The zero-order chi connectivity index (χ0) is 21.0. The molecule has 2 N–H and O–H groups in total. The van der Waals surface area contributed by atoms with Crippen LogP contribution in [0.5, 0.6) is 11.5 Å². The first kappa shape index (κ1) is 20.5. The second kappa shape index (κ2) is 8.83. The molecule has 1 fully saturated rings. The quantitative estimate of drug-likeness (QED) is 0.703. The van der Waals surface area contributed by atoms with Crippen LogP contribution in [0, 0.1) is 13.8 Å². The number of benzene rings is 2. The summed E-state index contributed by atoms with van der Waals surface area (Å²) in [6.45, 7) is 3.54. The number of amides is 1. The molecule has 29 heavy (non-hydrogen) atoms. The minimum Gasteiger partial charge on any atom is -0.493 e. The summed E-state index contributed by atoms with van der Waals surface area (Å²) in [6.07, 6.45) is 1.72. The van der Waals surface area contributed by atoms with Crippen LogP contribution in [0.4, 0.5) is 5.69 Å². The zero-order valence-corrected chi connectivity index (χ0v) is 17.0. The normalized spacial score (nSPS) is 16.2. The molecule has 0 bridgehead atoms. The average Bonchev–Trinajstić information content (AvgIpc) is 3.03. The Bertz CT molecular complexity index is 1030. The Morgan fingerprint density at radius 3 is 2.76 bits per heavy atom. The van der Waals surface area contributed by atoms with Crippen molar-refractivity contribution >= 4 is 40.6 Å². The number of hydrogen-bond donors (Lipinski definition) is 2. The van der Waals surface area contributed by atoms with Crippen molar-refractivity contribution in [3.63, 3.8) is 0 Å². The number of nitrogens with one attached hydrogen (secondary N) is 1. The molecular weight excluding hydrogens is 392 g/mol. The van der Waals surface area contributed by atoms with Gasteiger partial charge in [-0.1, -0.05) is 18.2 Å². The predicted octanol–water partition coefficient (Wildman–Crippen LogP) is 3.67. The van der Waals surface area contributed by atoms with Crippen molar-refractivity contribution in [3.05, 3.63) is 58.0 Å². The van der Waals surface area contributed by atoms with Gasteiger partial charge < -0.3 is 19.9 Å². The molecule has 1 heterocycles. The van der Waals surface area contributed by atoms with Crippen molar-refractivity contribution in [2.24, 2.45) is 4.99 Å². The summed E-state index contributed by atoms with van der Waals surface area (Å²) in [5.41, 5.74) is 3.73. The molecule has 0 atom stereocenters. The van der Waals surface area contributed by atoms with E-state index in [1.807, 2.05) is 32.0 Å². The second-order valence-electron chi connectivity index (χ2n) is 6.29. The third-order valence-electron chi connectivity index (χ3n) is 4.29. The lowest BCUT2D eigenvalue weighted by Gasteiger charge is -2.09. The van der Waals surface area contributed by atoms with Crippen molar-refractivity contribution in [2.75, 3.05) is 13.7 Å². The average molecular weight is 412 g/mol.